The van der Waals surface area contributed by atoms with E-state index in [1.165, 1.54) is 13.8 Å². The molecule has 0 aromatic heterocycles. The molecule has 0 heterocycles. The second kappa shape index (κ2) is 3.22. The predicted molar refractivity (Wildman–Crippen MR) is 49.7 cm³/mol. The van der Waals surface area contributed by atoms with Crippen LogP contribution in [-0.2, 0) is 0 Å². The van der Waals surface area contributed by atoms with Crippen LogP contribution in [0.15, 0.2) is 25.3 Å². The first kappa shape index (κ1) is 12.3. The summed E-state index contributed by atoms with van der Waals surface area (Å²) in [6, 6.07) is 0. The van der Waals surface area contributed by atoms with E-state index in [2.05, 4.69) is 13.2 Å². The number of aliphatic hydroxyl groups is 1. The van der Waals surface area contributed by atoms with Crippen LogP contribution in [0.4, 0.5) is 8.78 Å². The van der Waals surface area contributed by atoms with Gasteiger partial charge in [-0.15, -0.1) is 13.2 Å². The normalized spacial score (nSPS) is 17.7. The van der Waals surface area contributed by atoms with E-state index in [9.17, 15) is 13.9 Å². The van der Waals surface area contributed by atoms with E-state index in [1.807, 2.05) is 0 Å². The molecule has 0 amide bonds. The Kier molecular flexibility index (Phi) is 3.05. The Morgan fingerprint density at radius 3 is 1.69 bits per heavy atom. The molecule has 0 aromatic rings. The van der Waals surface area contributed by atoms with Gasteiger partial charge in [-0.2, -0.15) is 0 Å². The number of halogens is 2. The van der Waals surface area contributed by atoms with Crippen LogP contribution in [0.5, 0.6) is 0 Å². The van der Waals surface area contributed by atoms with Gasteiger partial charge in [-0.25, -0.2) is 8.78 Å². The van der Waals surface area contributed by atoms with E-state index < -0.39 is 16.9 Å². The third-order valence-electron chi connectivity index (χ3n) is 2.35. The molecule has 13 heavy (non-hydrogen) atoms. The fraction of sp³-hybridized carbons (Fsp3) is 0.600. The molecule has 1 N–H and O–H groups in total. The lowest BCUT2D eigenvalue weighted by Crippen LogP contribution is -2.52. The molecule has 0 aliphatic carbocycles. The summed E-state index contributed by atoms with van der Waals surface area (Å²) in [5.74, 6) is -3.29. The Labute approximate surface area is 77.8 Å². The summed E-state index contributed by atoms with van der Waals surface area (Å²) in [7, 11) is 0. The molecular weight excluding hydrogens is 174 g/mol. The number of allylic oxidation sites excluding steroid dienone is 1. The monoisotopic (exact) mass is 190 g/mol. The number of hydrogen-bond acceptors (Lipinski definition) is 1. The highest BCUT2D eigenvalue weighted by Gasteiger charge is 2.56. The van der Waals surface area contributed by atoms with Crippen LogP contribution >= 0.6 is 0 Å². The van der Waals surface area contributed by atoms with E-state index in [4.69, 9.17) is 0 Å². The molecule has 0 rings (SSSR count). The van der Waals surface area contributed by atoms with Crippen LogP contribution in [0, 0.1) is 5.41 Å². The number of rotatable bonds is 4. The van der Waals surface area contributed by atoms with E-state index >= 15 is 0 Å². The third-order valence-corrected chi connectivity index (χ3v) is 2.35. The average molecular weight is 190 g/mol. The Morgan fingerprint density at radius 1 is 1.08 bits per heavy atom. The van der Waals surface area contributed by atoms with Crippen LogP contribution in [0.3, 0.4) is 0 Å². The molecule has 0 fully saturated rings. The summed E-state index contributed by atoms with van der Waals surface area (Å²) in [5.41, 5.74) is -3.69. The standard InChI is InChI=1S/C10H16F2O/c1-6-8(3,4)10(11,12)9(5,13)7-2/h6-7,13H,1-2H2,3-5H3. The van der Waals surface area contributed by atoms with Crippen LogP contribution in [0.25, 0.3) is 0 Å². The van der Waals surface area contributed by atoms with Gasteiger partial charge >= 0.3 is 0 Å². The van der Waals surface area contributed by atoms with Crippen molar-refractivity contribution in [3.63, 3.8) is 0 Å². The van der Waals surface area contributed by atoms with Crippen LogP contribution < -0.4 is 0 Å². The molecular formula is C10H16F2O. The molecule has 1 atom stereocenters. The molecule has 76 valence electrons. The van der Waals surface area contributed by atoms with Crippen LogP contribution in [0.1, 0.15) is 20.8 Å². The summed E-state index contributed by atoms with van der Waals surface area (Å²) in [4.78, 5) is 0. The molecule has 0 radical (unpaired) electrons. The maximum absolute atomic E-state index is 13.6. The van der Waals surface area contributed by atoms with Gasteiger partial charge in [0.1, 0.15) is 5.60 Å². The van der Waals surface area contributed by atoms with E-state index in [0.29, 0.717) is 0 Å². The topological polar surface area (TPSA) is 20.2 Å². The van der Waals surface area contributed by atoms with Crippen molar-refractivity contribution >= 4 is 0 Å². The van der Waals surface area contributed by atoms with Crippen LogP contribution in [0.2, 0.25) is 0 Å². The zero-order chi connectivity index (χ0) is 10.9. The van der Waals surface area contributed by atoms with Crippen molar-refractivity contribution < 1.29 is 13.9 Å². The quantitative estimate of drug-likeness (QED) is 0.676. The van der Waals surface area contributed by atoms with Gasteiger partial charge in [-0.05, 0) is 6.92 Å². The first-order chi connectivity index (χ1) is 5.62. The van der Waals surface area contributed by atoms with Crippen molar-refractivity contribution in [3.8, 4) is 0 Å². The molecule has 0 saturated heterocycles. The molecule has 1 nitrogen and oxygen atoms in total. The van der Waals surface area contributed by atoms with Gasteiger partial charge in [0.2, 0.25) is 0 Å². The Hall–Kier alpha value is -0.700. The fourth-order valence-corrected chi connectivity index (χ4v) is 0.909. The molecule has 0 aliphatic heterocycles. The lowest BCUT2D eigenvalue weighted by atomic mass is 9.77. The first-order valence-electron chi connectivity index (χ1n) is 4.00. The van der Waals surface area contributed by atoms with Crippen molar-refractivity contribution in [1.29, 1.82) is 0 Å². The van der Waals surface area contributed by atoms with E-state index in [-0.39, 0.29) is 0 Å². The molecule has 1 unspecified atom stereocenters. The Bertz CT molecular complexity index is 195. The third kappa shape index (κ3) is 1.80. The molecule has 0 aliphatic rings. The number of hydrogen-bond donors (Lipinski definition) is 1. The molecule has 0 saturated carbocycles. The summed E-state index contributed by atoms with van der Waals surface area (Å²) in [6.45, 7) is 10.2. The minimum atomic E-state index is -3.29. The first-order valence-corrected chi connectivity index (χ1v) is 4.00. The smallest absolute Gasteiger partial charge is 0.287 e. The second-order valence-corrected chi connectivity index (χ2v) is 3.85. The molecule has 0 aromatic carbocycles. The summed E-state index contributed by atoms with van der Waals surface area (Å²) < 4.78 is 27.2. The van der Waals surface area contributed by atoms with Gasteiger partial charge in [-0.1, -0.05) is 26.0 Å². The van der Waals surface area contributed by atoms with Crippen molar-refractivity contribution in [1.82, 2.24) is 0 Å². The lowest BCUT2D eigenvalue weighted by Gasteiger charge is -2.39. The molecule has 3 heteroatoms. The minimum Gasteiger partial charge on any atom is -0.380 e. The number of alkyl halides is 2. The van der Waals surface area contributed by atoms with Gasteiger partial charge in [0, 0.05) is 5.41 Å². The van der Waals surface area contributed by atoms with Crippen LogP contribution in [-0.4, -0.2) is 16.6 Å². The van der Waals surface area contributed by atoms with Crippen molar-refractivity contribution in [2.24, 2.45) is 5.41 Å². The summed E-state index contributed by atoms with van der Waals surface area (Å²) >= 11 is 0. The Morgan fingerprint density at radius 2 is 1.46 bits per heavy atom. The van der Waals surface area contributed by atoms with Crippen molar-refractivity contribution in [2.45, 2.75) is 32.3 Å². The Balaban J connectivity index is 5.18. The highest BCUT2D eigenvalue weighted by atomic mass is 19.3. The van der Waals surface area contributed by atoms with E-state index in [0.717, 1.165) is 19.1 Å². The molecule has 0 bridgehead atoms. The van der Waals surface area contributed by atoms with Gasteiger partial charge in [0.15, 0.2) is 0 Å². The maximum atomic E-state index is 13.6. The summed E-state index contributed by atoms with van der Waals surface area (Å²) in [6.07, 6.45) is 1.98. The average Bonchev–Trinajstić information content (AvgIpc) is 2.03. The second-order valence-electron chi connectivity index (χ2n) is 3.85. The highest BCUT2D eigenvalue weighted by Crippen LogP contribution is 2.45. The molecule has 0 spiro atoms. The zero-order valence-electron chi connectivity index (χ0n) is 8.27. The van der Waals surface area contributed by atoms with Gasteiger partial charge in [0.05, 0.1) is 0 Å². The van der Waals surface area contributed by atoms with Crippen molar-refractivity contribution in [3.05, 3.63) is 25.3 Å². The SMILES string of the molecule is C=CC(C)(C)C(F)(F)C(C)(O)C=C. The summed E-state index contributed by atoms with van der Waals surface area (Å²) in [5, 5.41) is 9.40. The largest absolute Gasteiger partial charge is 0.380 e. The highest BCUT2D eigenvalue weighted by molar-refractivity contribution is 5.12. The lowest BCUT2D eigenvalue weighted by molar-refractivity contribution is -0.195. The fourth-order valence-electron chi connectivity index (χ4n) is 0.909. The maximum Gasteiger partial charge on any atom is 0.287 e. The van der Waals surface area contributed by atoms with Gasteiger partial charge < -0.3 is 5.11 Å². The minimum absolute atomic E-state index is 0.845. The van der Waals surface area contributed by atoms with Gasteiger partial charge in [0.25, 0.3) is 5.92 Å². The van der Waals surface area contributed by atoms with E-state index in [1.54, 1.807) is 0 Å². The zero-order valence-corrected chi connectivity index (χ0v) is 8.27. The predicted octanol–water partition coefficient (Wildman–Crippen LogP) is 2.77. The van der Waals surface area contributed by atoms with Crippen molar-refractivity contribution in [2.75, 3.05) is 0 Å². The van der Waals surface area contributed by atoms with Gasteiger partial charge in [-0.3, -0.25) is 0 Å².